The maximum atomic E-state index is 10.3. The summed E-state index contributed by atoms with van der Waals surface area (Å²) in [6.07, 6.45) is 1.88. The lowest BCUT2D eigenvalue weighted by atomic mass is 10.1. The van der Waals surface area contributed by atoms with Crippen molar-refractivity contribution in [3.63, 3.8) is 0 Å². The van der Waals surface area contributed by atoms with Crippen molar-refractivity contribution in [3.05, 3.63) is 50.9 Å². The van der Waals surface area contributed by atoms with Crippen LogP contribution < -0.4 is 14.4 Å². The van der Waals surface area contributed by atoms with E-state index >= 15 is 0 Å². The molecule has 2 aromatic rings. The van der Waals surface area contributed by atoms with Gasteiger partial charge in [0.2, 0.25) is 0 Å². The van der Waals surface area contributed by atoms with Crippen molar-refractivity contribution in [2.45, 2.75) is 0 Å². The first-order valence-electron chi connectivity index (χ1n) is 9.72. The highest BCUT2D eigenvalue weighted by Gasteiger charge is 2.18. The highest BCUT2D eigenvalue weighted by atomic mass is 32.1. The largest absolute Gasteiger partial charge is 0.493 e. The Bertz CT molecular complexity index is 976. The minimum Gasteiger partial charge on any atom is -0.493 e. The third kappa shape index (κ3) is 5.87. The average molecular weight is 445 g/mol. The molecule has 0 spiro atoms. The van der Waals surface area contributed by atoms with Crippen molar-refractivity contribution in [1.82, 2.24) is 4.90 Å². The van der Waals surface area contributed by atoms with Crippen LogP contribution in [0.1, 0.15) is 10.4 Å². The summed E-state index contributed by atoms with van der Waals surface area (Å²) in [4.78, 5) is 20.1. The smallest absolute Gasteiger partial charge is 0.294 e. The van der Waals surface area contributed by atoms with Crippen LogP contribution in [0.4, 0.5) is 5.00 Å². The van der Waals surface area contributed by atoms with Crippen LogP contribution in [-0.4, -0.2) is 63.5 Å². The predicted octanol–water partition coefficient (Wildman–Crippen LogP) is 3.16. The van der Waals surface area contributed by atoms with Gasteiger partial charge in [0.05, 0.1) is 30.9 Å². The van der Waals surface area contributed by atoms with Crippen LogP contribution in [0.2, 0.25) is 0 Å². The summed E-state index contributed by atoms with van der Waals surface area (Å²) in [5, 5.41) is 20.3. The second kappa shape index (κ2) is 10.7. The number of nitrogens with zero attached hydrogens (tertiary/aromatic N) is 4. The molecular formula is C21H24N4O5S. The molecule has 2 heterocycles. The predicted molar refractivity (Wildman–Crippen MR) is 119 cm³/mol. The summed E-state index contributed by atoms with van der Waals surface area (Å²) in [7, 11) is 3.14. The maximum absolute atomic E-state index is 10.3. The Morgan fingerprint density at radius 1 is 1.19 bits per heavy atom. The zero-order valence-corrected chi connectivity index (χ0v) is 18.3. The van der Waals surface area contributed by atoms with E-state index in [2.05, 4.69) is 26.8 Å². The SMILES string of the molecule is COc1ccc(C(C#N)=Cc2ccc(N3CCN(CCO[N+](=O)[O-])CC3)s2)cc1OC. The first-order chi connectivity index (χ1) is 15.0. The molecule has 0 amide bonds. The van der Waals surface area contributed by atoms with E-state index in [1.165, 1.54) is 0 Å². The maximum Gasteiger partial charge on any atom is 0.294 e. The number of ether oxygens (including phenoxy) is 2. The molecule has 31 heavy (non-hydrogen) atoms. The molecule has 1 aromatic carbocycles. The van der Waals surface area contributed by atoms with Gasteiger partial charge in [-0.25, -0.2) is 0 Å². The molecule has 0 N–H and O–H groups in total. The average Bonchev–Trinajstić information content (AvgIpc) is 3.26. The Morgan fingerprint density at radius 2 is 1.94 bits per heavy atom. The van der Waals surface area contributed by atoms with Crippen LogP contribution in [0, 0.1) is 21.4 Å². The van der Waals surface area contributed by atoms with Gasteiger partial charge in [0.1, 0.15) is 6.61 Å². The Labute approximate surface area is 184 Å². The lowest BCUT2D eigenvalue weighted by Crippen LogP contribution is -2.47. The Morgan fingerprint density at radius 3 is 2.58 bits per heavy atom. The molecule has 1 aliphatic rings. The number of nitriles is 1. The van der Waals surface area contributed by atoms with Gasteiger partial charge in [-0.1, -0.05) is 0 Å². The zero-order valence-electron chi connectivity index (χ0n) is 17.4. The van der Waals surface area contributed by atoms with Crippen molar-refractivity contribution in [2.75, 3.05) is 58.5 Å². The number of allylic oxidation sites excluding steroid dienone is 1. The lowest BCUT2D eigenvalue weighted by Gasteiger charge is -2.35. The second-order valence-corrected chi connectivity index (χ2v) is 7.89. The van der Waals surface area contributed by atoms with Gasteiger partial charge in [-0.2, -0.15) is 5.26 Å². The molecular weight excluding hydrogens is 420 g/mol. The van der Waals surface area contributed by atoms with E-state index in [0.717, 1.165) is 41.6 Å². The second-order valence-electron chi connectivity index (χ2n) is 6.80. The van der Waals surface area contributed by atoms with E-state index in [4.69, 9.17) is 9.47 Å². The number of piperazine rings is 1. The van der Waals surface area contributed by atoms with Gasteiger partial charge in [0, 0.05) is 37.6 Å². The van der Waals surface area contributed by atoms with Crippen LogP contribution >= 0.6 is 11.3 Å². The molecule has 0 atom stereocenters. The van der Waals surface area contributed by atoms with Crippen molar-refractivity contribution >= 4 is 28.0 Å². The standard InChI is InChI=1S/C21H24N4O5S/c1-28-19-5-3-16(14-20(19)29-2)17(15-22)13-18-4-6-21(31-18)24-9-7-23(8-10-24)11-12-30-25(26)27/h3-6,13-14H,7-12H2,1-2H3. The molecule has 1 saturated heterocycles. The fourth-order valence-corrected chi connectivity index (χ4v) is 4.35. The number of rotatable bonds is 9. The van der Waals surface area contributed by atoms with Crippen LogP contribution in [0.3, 0.4) is 0 Å². The molecule has 164 valence electrons. The minimum absolute atomic E-state index is 0.0913. The zero-order chi connectivity index (χ0) is 22.2. The molecule has 0 unspecified atom stereocenters. The molecule has 3 rings (SSSR count). The first kappa shape index (κ1) is 22.4. The van der Waals surface area contributed by atoms with Crippen molar-refractivity contribution in [2.24, 2.45) is 0 Å². The van der Waals surface area contributed by atoms with Gasteiger partial charge >= 0.3 is 0 Å². The van der Waals surface area contributed by atoms with Crippen LogP contribution in [0.15, 0.2) is 30.3 Å². The number of benzene rings is 1. The summed E-state index contributed by atoms with van der Waals surface area (Å²) in [6.45, 7) is 3.95. The molecule has 1 aliphatic heterocycles. The van der Waals surface area contributed by atoms with Crippen LogP contribution in [0.5, 0.6) is 11.5 Å². The van der Waals surface area contributed by atoms with Crippen LogP contribution in [0.25, 0.3) is 11.6 Å². The van der Waals surface area contributed by atoms with E-state index in [-0.39, 0.29) is 6.61 Å². The summed E-state index contributed by atoms with van der Waals surface area (Å²) in [5.74, 6) is 1.19. The fourth-order valence-electron chi connectivity index (χ4n) is 3.35. The van der Waals surface area contributed by atoms with E-state index in [0.29, 0.717) is 23.6 Å². The highest BCUT2D eigenvalue weighted by Crippen LogP contribution is 2.33. The van der Waals surface area contributed by atoms with Gasteiger partial charge in [-0.05, 0) is 42.0 Å². The molecule has 10 heteroatoms. The number of hydrogen-bond acceptors (Lipinski definition) is 9. The molecule has 0 bridgehead atoms. The van der Waals surface area contributed by atoms with Gasteiger partial charge in [-0.3, -0.25) is 4.90 Å². The summed E-state index contributed by atoms with van der Waals surface area (Å²) in [6, 6.07) is 11.8. The number of thiophene rings is 1. The number of hydrogen-bond donors (Lipinski definition) is 0. The molecule has 0 aliphatic carbocycles. The number of methoxy groups -OCH3 is 2. The van der Waals surface area contributed by atoms with Gasteiger partial charge in [0.15, 0.2) is 11.5 Å². The Balaban J connectivity index is 1.64. The normalized spacial score (nSPS) is 14.7. The quantitative estimate of drug-likeness (QED) is 0.330. The van der Waals surface area contributed by atoms with E-state index in [1.54, 1.807) is 37.7 Å². The third-order valence-electron chi connectivity index (χ3n) is 5.00. The Hall–Kier alpha value is -3.29. The van der Waals surface area contributed by atoms with E-state index < -0.39 is 5.09 Å². The van der Waals surface area contributed by atoms with Gasteiger partial charge in [-0.15, -0.1) is 21.5 Å². The fraction of sp³-hybridized carbons (Fsp3) is 0.381. The molecule has 9 nitrogen and oxygen atoms in total. The minimum atomic E-state index is -0.755. The van der Waals surface area contributed by atoms with Gasteiger partial charge < -0.3 is 19.2 Å². The summed E-state index contributed by atoms with van der Waals surface area (Å²) >= 11 is 1.63. The van der Waals surface area contributed by atoms with Crippen molar-refractivity contribution in [1.29, 1.82) is 5.26 Å². The van der Waals surface area contributed by atoms with Crippen molar-refractivity contribution in [3.8, 4) is 17.6 Å². The topological polar surface area (TPSA) is 101 Å². The molecule has 0 radical (unpaired) electrons. The summed E-state index contributed by atoms with van der Waals surface area (Å²) in [5.41, 5.74) is 1.31. The third-order valence-corrected chi connectivity index (χ3v) is 6.10. The van der Waals surface area contributed by atoms with Crippen molar-refractivity contribution < 1.29 is 19.4 Å². The number of anilines is 1. The first-order valence-corrected chi connectivity index (χ1v) is 10.5. The Kier molecular flexibility index (Phi) is 7.70. The lowest BCUT2D eigenvalue weighted by molar-refractivity contribution is -0.757. The highest BCUT2D eigenvalue weighted by molar-refractivity contribution is 7.17. The molecule has 1 aromatic heterocycles. The summed E-state index contributed by atoms with van der Waals surface area (Å²) < 4.78 is 10.6. The monoisotopic (exact) mass is 444 g/mol. The van der Waals surface area contributed by atoms with E-state index in [9.17, 15) is 15.4 Å². The van der Waals surface area contributed by atoms with E-state index in [1.807, 2.05) is 18.2 Å². The molecule has 0 saturated carbocycles. The van der Waals surface area contributed by atoms with Crippen LogP contribution in [-0.2, 0) is 4.84 Å². The van der Waals surface area contributed by atoms with Gasteiger partial charge in [0.25, 0.3) is 5.09 Å². The molecule has 1 fully saturated rings.